The van der Waals surface area contributed by atoms with E-state index in [2.05, 4.69) is 31.2 Å². The summed E-state index contributed by atoms with van der Waals surface area (Å²) < 4.78 is 13.8. The Morgan fingerprint density at radius 2 is 1.30 bits per heavy atom. The van der Waals surface area contributed by atoms with Crippen molar-refractivity contribution in [2.24, 2.45) is 23.7 Å². The molecule has 0 amide bonds. The van der Waals surface area contributed by atoms with Crippen LogP contribution in [0, 0.1) is 36.4 Å². The van der Waals surface area contributed by atoms with E-state index in [1.165, 1.54) is 75.3 Å². The van der Waals surface area contributed by atoms with Crippen LogP contribution in [-0.4, -0.2) is 0 Å². The minimum Gasteiger partial charge on any atom is -0.207 e. The molecular formula is C29H39F. The van der Waals surface area contributed by atoms with Crippen LogP contribution in [0.15, 0.2) is 42.5 Å². The third kappa shape index (κ3) is 5.74. The molecule has 1 heteroatoms. The van der Waals surface area contributed by atoms with Crippen LogP contribution in [0.4, 0.5) is 4.39 Å². The van der Waals surface area contributed by atoms with Gasteiger partial charge in [0.15, 0.2) is 0 Å². The average molecular weight is 407 g/mol. The Bertz CT molecular complexity index is 790. The lowest BCUT2D eigenvalue weighted by molar-refractivity contribution is 0.148. The number of benzene rings is 2. The quantitative estimate of drug-likeness (QED) is 0.452. The summed E-state index contributed by atoms with van der Waals surface area (Å²) in [4.78, 5) is 0. The van der Waals surface area contributed by atoms with Crippen LogP contribution in [0.2, 0.25) is 0 Å². The summed E-state index contributed by atoms with van der Waals surface area (Å²) in [6.45, 7) is 4.25. The highest BCUT2D eigenvalue weighted by Crippen LogP contribution is 2.42. The van der Waals surface area contributed by atoms with Gasteiger partial charge in [0, 0.05) is 0 Å². The molecule has 0 spiro atoms. The van der Waals surface area contributed by atoms with Crippen LogP contribution in [0.25, 0.3) is 0 Å². The van der Waals surface area contributed by atoms with Crippen LogP contribution in [0.5, 0.6) is 0 Å². The lowest BCUT2D eigenvalue weighted by Crippen LogP contribution is -2.25. The fourth-order valence-corrected chi connectivity index (χ4v) is 5.88. The van der Waals surface area contributed by atoms with Crippen molar-refractivity contribution in [2.75, 3.05) is 0 Å². The highest BCUT2D eigenvalue weighted by atomic mass is 19.1. The maximum absolute atomic E-state index is 13.8. The third-order valence-corrected chi connectivity index (χ3v) is 8.13. The maximum Gasteiger partial charge on any atom is 0.126 e. The molecule has 0 saturated heterocycles. The summed E-state index contributed by atoms with van der Waals surface area (Å²) in [7, 11) is 0. The molecule has 0 heterocycles. The van der Waals surface area contributed by atoms with Crippen molar-refractivity contribution in [3.05, 3.63) is 70.5 Å². The van der Waals surface area contributed by atoms with E-state index in [9.17, 15) is 4.39 Å². The molecule has 0 bridgehead atoms. The van der Waals surface area contributed by atoms with Crippen molar-refractivity contribution >= 4 is 0 Å². The van der Waals surface area contributed by atoms with Crippen molar-refractivity contribution in [2.45, 2.75) is 84.5 Å². The fraction of sp³-hybridized carbons (Fsp3) is 0.586. The Hall–Kier alpha value is -1.63. The van der Waals surface area contributed by atoms with E-state index >= 15 is 0 Å². The Balaban J connectivity index is 1.20. The first kappa shape index (κ1) is 21.6. The highest BCUT2D eigenvalue weighted by molar-refractivity contribution is 5.31. The molecule has 0 atom stereocenters. The minimum absolute atomic E-state index is 0.100. The van der Waals surface area contributed by atoms with E-state index in [4.69, 9.17) is 0 Å². The van der Waals surface area contributed by atoms with E-state index in [-0.39, 0.29) is 5.82 Å². The van der Waals surface area contributed by atoms with Gasteiger partial charge in [0.1, 0.15) is 5.82 Å². The van der Waals surface area contributed by atoms with Gasteiger partial charge in [0.25, 0.3) is 0 Å². The molecule has 0 aliphatic heterocycles. The molecule has 2 aromatic rings. The maximum atomic E-state index is 13.8. The van der Waals surface area contributed by atoms with Gasteiger partial charge in [-0.1, -0.05) is 69.0 Å². The Labute approximate surface area is 183 Å². The molecule has 2 aliphatic carbocycles. The van der Waals surface area contributed by atoms with E-state index in [1.807, 2.05) is 19.1 Å². The van der Waals surface area contributed by atoms with Gasteiger partial charge in [-0.3, -0.25) is 0 Å². The lowest BCUT2D eigenvalue weighted by atomic mass is 9.69. The van der Waals surface area contributed by atoms with Crippen molar-refractivity contribution in [3.63, 3.8) is 0 Å². The minimum atomic E-state index is -0.100. The van der Waals surface area contributed by atoms with Crippen molar-refractivity contribution in [3.8, 4) is 0 Å². The molecule has 0 aromatic heterocycles. The zero-order valence-electron chi connectivity index (χ0n) is 19.0. The predicted molar refractivity (Wildman–Crippen MR) is 125 cm³/mol. The molecule has 2 aliphatic rings. The summed E-state index contributed by atoms with van der Waals surface area (Å²) in [6.07, 6.45) is 15.2. The summed E-state index contributed by atoms with van der Waals surface area (Å²) in [5.74, 6) is 3.87. The summed E-state index contributed by atoms with van der Waals surface area (Å²) in [5, 5.41) is 0. The average Bonchev–Trinajstić information content (AvgIpc) is 2.77. The number of halogens is 1. The SMILES string of the molecule is Cc1ccc(Cc2ccc(CCC3CCC(C4CCC(C)CC4)CC3)cc2)cc1F. The van der Waals surface area contributed by atoms with Gasteiger partial charge in [-0.05, 0) is 104 Å². The standard InChI is InChI=1S/C29H39F/c1-21-3-15-27(16-4-21)28-17-13-24(14-18-28)8-7-23-9-11-25(12-10-23)19-26-6-5-22(2)29(30)20-26/h5-6,9-12,20-21,24,27-28H,3-4,7-8,13-19H2,1-2H3. The molecule has 2 saturated carbocycles. The Kier molecular flexibility index (Phi) is 7.28. The first-order valence-corrected chi connectivity index (χ1v) is 12.4. The van der Waals surface area contributed by atoms with Crippen molar-refractivity contribution in [1.29, 1.82) is 0 Å². The molecule has 0 N–H and O–H groups in total. The zero-order valence-corrected chi connectivity index (χ0v) is 19.0. The van der Waals surface area contributed by atoms with Crippen LogP contribution in [0.1, 0.15) is 87.0 Å². The smallest absolute Gasteiger partial charge is 0.126 e. The Morgan fingerprint density at radius 3 is 1.93 bits per heavy atom. The molecule has 2 aromatic carbocycles. The van der Waals surface area contributed by atoms with Crippen LogP contribution in [-0.2, 0) is 12.8 Å². The number of aryl methyl sites for hydroxylation is 2. The Morgan fingerprint density at radius 1 is 0.733 bits per heavy atom. The summed E-state index contributed by atoms with van der Waals surface area (Å²) in [5.41, 5.74) is 4.49. The second kappa shape index (κ2) is 10.1. The summed E-state index contributed by atoms with van der Waals surface area (Å²) in [6, 6.07) is 14.6. The molecule has 30 heavy (non-hydrogen) atoms. The molecule has 4 rings (SSSR count). The molecule has 0 nitrogen and oxygen atoms in total. The second-order valence-corrected chi connectivity index (χ2v) is 10.4. The van der Waals surface area contributed by atoms with Gasteiger partial charge in [0.2, 0.25) is 0 Å². The number of rotatable bonds is 6. The van der Waals surface area contributed by atoms with Crippen molar-refractivity contribution in [1.82, 2.24) is 0 Å². The largest absolute Gasteiger partial charge is 0.207 e. The highest BCUT2D eigenvalue weighted by Gasteiger charge is 2.29. The van der Waals surface area contributed by atoms with Gasteiger partial charge in [0.05, 0.1) is 0 Å². The molecule has 0 radical (unpaired) electrons. The van der Waals surface area contributed by atoms with Crippen molar-refractivity contribution < 1.29 is 4.39 Å². The second-order valence-electron chi connectivity index (χ2n) is 10.4. The number of hydrogen-bond acceptors (Lipinski definition) is 0. The zero-order chi connectivity index (χ0) is 20.9. The monoisotopic (exact) mass is 406 g/mol. The fourth-order valence-electron chi connectivity index (χ4n) is 5.88. The van der Waals surface area contributed by atoms with E-state index in [0.717, 1.165) is 41.2 Å². The van der Waals surface area contributed by atoms with Crippen LogP contribution >= 0.6 is 0 Å². The van der Waals surface area contributed by atoms with Gasteiger partial charge >= 0.3 is 0 Å². The lowest BCUT2D eigenvalue weighted by Gasteiger charge is -2.37. The normalized spacial score (nSPS) is 27.2. The third-order valence-electron chi connectivity index (χ3n) is 8.13. The van der Waals surface area contributed by atoms with E-state index in [0.29, 0.717) is 0 Å². The molecule has 2 fully saturated rings. The van der Waals surface area contributed by atoms with Gasteiger partial charge in [-0.15, -0.1) is 0 Å². The molecule has 162 valence electrons. The molecular weight excluding hydrogens is 367 g/mol. The van der Waals surface area contributed by atoms with Crippen LogP contribution < -0.4 is 0 Å². The van der Waals surface area contributed by atoms with Crippen LogP contribution in [0.3, 0.4) is 0 Å². The van der Waals surface area contributed by atoms with E-state index < -0.39 is 0 Å². The molecule has 0 unspecified atom stereocenters. The van der Waals surface area contributed by atoms with E-state index in [1.54, 1.807) is 6.07 Å². The summed E-state index contributed by atoms with van der Waals surface area (Å²) >= 11 is 0. The first-order chi connectivity index (χ1) is 14.6. The van der Waals surface area contributed by atoms with Gasteiger partial charge in [-0.25, -0.2) is 4.39 Å². The topological polar surface area (TPSA) is 0 Å². The predicted octanol–water partition coefficient (Wildman–Crippen LogP) is 8.29. The first-order valence-electron chi connectivity index (χ1n) is 12.4. The number of hydrogen-bond donors (Lipinski definition) is 0. The van der Waals surface area contributed by atoms with Gasteiger partial charge < -0.3 is 0 Å². The van der Waals surface area contributed by atoms with Gasteiger partial charge in [-0.2, -0.15) is 0 Å².